The monoisotopic (exact) mass is 283 g/mol. The van der Waals surface area contributed by atoms with E-state index in [0.717, 1.165) is 0 Å². The number of aromatic amines is 1. The molecule has 0 aliphatic rings. The number of halogens is 1. The van der Waals surface area contributed by atoms with Gasteiger partial charge in [-0.05, 0) is 12.8 Å². The number of hydrogen-bond donors (Lipinski definition) is 1. The number of aromatic nitrogens is 5. The molecule has 0 radical (unpaired) electrons. The van der Waals surface area contributed by atoms with Gasteiger partial charge in [-0.1, -0.05) is 23.7 Å². The molecule has 0 fully saturated rings. The van der Waals surface area contributed by atoms with Crippen molar-refractivity contribution in [2.24, 2.45) is 0 Å². The molecule has 2 aromatic rings. The van der Waals surface area contributed by atoms with Crippen molar-refractivity contribution in [2.45, 2.75) is 32.9 Å². The number of H-pyrrole nitrogens is 1. The van der Waals surface area contributed by atoms with Gasteiger partial charge in [-0.3, -0.25) is 19.0 Å². The summed E-state index contributed by atoms with van der Waals surface area (Å²) in [6, 6.07) is 0. The fourth-order valence-corrected chi connectivity index (χ4v) is 2.13. The topological polar surface area (TPSA) is 85.6 Å². The molecule has 2 aromatic heterocycles. The number of nitrogens with one attached hydrogen (secondary N) is 1. The predicted octanol–water partition coefficient (Wildman–Crippen LogP) is 0.434. The van der Waals surface area contributed by atoms with Crippen molar-refractivity contribution in [3.63, 3.8) is 0 Å². The molecular formula is C11H14ClN5O2. The standard InChI is InChI=1S/C11H14ClN5O2/c1-2-8-9(12)14-11(19)17(10(8)18)6-3-5-16-7-4-13-15-16/h4,7H,2-3,5-6H2,1H3,(H,14,19). The average molecular weight is 284 g/mol. The number of rotatable bonds is 5. The van der Waals surface area contributed by atoms with Crippen LogP contribution in [0.5, 0.6) is 0 Å². The molecule has 102 valence electrons. The number of hydrogen-bond acceptors (Lipinski definition) is 4. The maximum Gasteiger partial charge on any atom is 0.329 e. The van der Waals surface area contributed by atoms with E-state index in [1.54, 1.807) is 17.1 Å². The first-order chi connectivity index (χ1) is 9.13. The molecule has 8 heteroatoms. The largest absolute Gasteiger partial charge is 0.329 e. The lowest BCUT2D eigenvalue weighted by molar-refractivity contribution is 0.496. The van der Waals surface area contributed by atoms with E-state index in [2.05, 4.69) is 15.3 Å². The summed E-state index contributed by atoms with van der Waals surface area (Å²) in [7, 11) is 0. The zero-order valence-corrected chi connectivity index (χ0v) is 11.2. The number of aryl methyl sites for hydroxylation is 1. The van der Waals surface area contributed by atoms with Crippen LogP contribution in [0.1, 0.15) is 18.9 Å². The second-order valence-corrected chi connectivity index (χ2v) is 4.43. The zero-order valence-electron chi connectivity index (χ0n) is 10.5. The molecule has 19 heavy (non-hydrogen) atoms. The van der Waals surface area contributed by atoms with Crippen molar-refractivity contribution in [1.29, 1.82) is 0 Å². The summed E-state index contributed by atoms with van der Waals surface area (Å²) < 4.78 is 2.82. The minimum atomic E-state index is -0.481. The lowest BCUT2D eigenvalue weighted by Gasteiger charge is -2.07. The summed E-state index contributed by atoms with van der Waals surface area (Å²) in [6.07, 6.45) is 4.40. The molecule has 2 heterocycles. The van der Waals surface area contributed by atoms with Crippen molar-refractivity contribution >= 4 is 11.6 Å². The molecule has 0 saturated carbocycles. The molecule has 0 atom stereocenters. The van der Waals surface area contributed by atoms with E-state index >= 15 is 0 Å². The van der Waals surface area contributed by atoms with Gasteiger partial charge in [0, 0.05) is 19.3 Å². The Hall–Kier alpha value is -1.89. The fourth-order valence-electron chi connectivity index (χ4n) is 1.84. The van der Waals surface area contributed by atoms with E-state index in [1.807, 2.05) is 6.92 Å². The van der Waals surface area contributed by atoms with Crippen molar-refractivity contribution in [3.8, 4) is 0 Å². The van der Waals surface area contributed by atoms with E-state index in [0.29, 0.717) is 31.5 Å². The molecule has 2 rings (SSSR count). The molecular weight excluding hydrogens is 270 g/mol. The van der Waals surface area contributed by atoms with Crippen molar-refractivity contribution < 1.29 is 0 Å². The first-order valence-electron chi connectivity index (χ1n) is 5.99. The molecule has 1 N–H and O–H groups in total. The van der Waals surface area contributed by atoms with Gasteiger partial charge < -0.3 is 0 Å². The Morgan fingerprint density at radius 1 is 1.37 bits per heavy atom. The van der Waals surface area contributed by atoms with E-state index in [4.69, 9.17) is 11.6 Å². The van der Waals surface area contributed by atoms with Gasteiger partial charge in [0.25, 0.3) is 5.56 Å². The van der Waals surface area contributed by atoms with Crippen LogP contribution >= 0.6 is 11.6 Å². The first kappa shape index (κ1) is 13.5. The van der Waals surface area contributed by atoms with E-state index < -0.39 is 5.69 Å². The van der Waals surface area contributed by atoms with Crippen molar-refractivity contribution in [1.82, 2.24) is 24.5 Å². The second kappa shape index (κ2) is 5.83. The molecule has 0 aromatic carbocycles. The Labute approximate surface area is 113 Å². The quantitative estimate of drug-likeness (QED) is 0.807. The summed E-state index contributed by atoms with van der Waals surface area (Å²) in [4.78, 5) is 26.2. The normalized spacial score (nSPS) is 10.8. The lowest BCUT2D eigenvalue weighted by atomic mass is 10.2. The lowest BCUT2D eigenvalue weighted by Crippen LogP contribution is -2.37. The van der Waals surface area contributed by atoms with Crippen LogP contribution in [-0.4, -0.2) is 24.5 Å². The van der Waals surface area contributed by atoms with Crippen molar-refractivity contribution in [3.05, 3.63) is 43.9 Å². The van der Waals surface area contributed by atoms with Crippen LogP contribution in [0.3, 0.4) is 0 Å². The van der Waals surface area contributed by atoms with Crippen LogP contribution < -0.4 is 11.2 Å². The highest BCUT2D eigenvalue weighted by atomic mass is 35.5. The summed E-state index contributed by atoms with van der Waals surface area (Å²) in [5.74, 6) is 0. The van der Waals surface area contributed by atoms with E-state index in [9.17, 15) is 9.59 Å². The zero-order chi connectivity index (χ0) is 13.8. The Morgan fingerprint density at radius 2 is 2.16 bits per heavy atom. The van der Waals surface area contributed by atoms with E-state index in [1.165, 1.54) is 4.57 Å². The summed E-state index contributed by atoms with van der Waals surface area (Å²) in [5.41, 5.74) is -0.373. The number of nitrogens with zero attached hydrogens (tertiary/aromatic N) is 4. The molecule has 0 saturated heterocycles. The van der Waals surface area contributed by atoms with Crippen LogP contribution in [0, 0.1) is 0 Å². The summed E-state index contributed by atoms with van der Waals surface area (Å²) in [6.45, 7) is 2.73. The molecule has 0 spiro atoms. The van der Waals surface area contributed by atoms with Gasteiger partial charge in [0.1, 0.15) is 5.15 Å². The highest BCUT2D eigenvalue weighted by Crippen LogP contribution is 2.05. The van der Waals surface area contributed by atoms with Crippen LogP contribution in [0.2, 0.25) is 5.15 Å². The van der Waals surface area contributed by atoms with Gasteiger partial charge in [-0.15, -0.1) is 5.10 Å². The second-order valence-electron chi connectivity index (χ2n) is 4.05. The first-order valence-corrected chi connectivity index (χ1v) is 6.37. The molecule has 0 amide bonds. The van der Waals surface area contributed by atoms with Gasteiger partial charge in [-0.25, -0.2) is 4.79 Å². The molecule has 0 aliphatic heterocycles. The maximum atomic E-state index is 12.1. The van der Waals surface area contributed by atoms with Crippen LogP contribution in [0.4, 0.5) is 0 Å². The Bertz CT molecular complexity index is 659. The summed E-state index contributed by atoms with van der Waals surface area (Å²) in [5, 5.41) is 7.62. The van der Waals surface area contributed by atoms with Crippen LogP contribution in [0.25, 0.3) is 0 Å². The Morgan fingerprint density at radius 3 is 2.79 bits per heavy atom. The minimum absolute atomic E-state index is 0.130. The van der Waals surface area contributed by atoms with E-state index in [-0.39, 0.29) is 10.7 Å². The highest BCUT2D eigenvalue weighted by Gasteiger charge is 2.10. The SMILES string of the molecule is CCc1c(Cl)[nH]c(=O)n(CCCn2ccnn2)c1=O. The van der Waals surface area contributed by atoms with Crippen molar-refractivity contribution in [2.75, 3.05) is 0 Å². The van der Waals surface area contributed by atoms with Crippen LogP contribution in [-0.2, 0) is 19.5 Å². The highest BCUT2D eigenvalue weighted by molar-refractivity contribution is 6.30. The third kappa shape index (κ3) is 2.93. The van der Waals surface area contributed by atoms with Gasteiger partial charge in [-0.2, -0.15) is 0 Å². The average Bonchev–Trinajstić information content (AvgIpc) is 2.86. The van der Waals surface area contributed by atoms with Gasteiger partial charge in [0.2, 0.25) is 0 Å². The predicted molar refractivity (Wildman–Crippen MR) is 70.3 cm³/mol. The third-order valence-corrected chi connectivity index (χ3v) is 3.15. The summed E-state index contributed by atoms with van der Waals surface area (Å²) >= 11 is 5.83. The van der Waals surface area contributed by atoms with Crippen LogP contribution in [0.15, 0.2) is 22.0 Å². The fraction of sp³-hybridized carbons (Fsp3) is 0.455. The van der Waals surface area contributed by atoms with Gasteiger partial charge in [0.05, 0.1) is 11.8 Å². The molecule has 0 unspecified atom stereocenters. The third-order valence-electron chi connectivity index (χ3n) is 2.82. The smallest absolute Gasteiger partial charge is 0.297 e. The van der Waals surface area contributed by atoms with Gasteiger partial charge >= 0.3 is 5.69 Å². The molecule has 0 bridgehead atoms. The Balaban J connectivity index is 2.16. The Kier molecular flexibility index (Phi) is 4.16. The molecule has 0 aliphatic carbocycles. The molecule has 7 nitrogen and oxygen atoms in total. The minimum Gasteiger partial charge on any atom is -0.297 e. The maximum absolute atomic E-state index is 12.1. The van der Waals surface area contributed by atoms with Gasteiger partial charge in [0.15, 0.2) is 0 Å².